The van der Waals surface area contributed by atoms with Crippen molar-refractivity contribution in [2.45, 2.75) is 6.54 Å². The highest BCUT2D eigenvalue weighted by molar-refractivity contribution is 7.89. The van der Waals surface area contributed by atoms with Gasteiger partial charge in [-0.2, -0.15) is 0 Å². The van der Waals surface area contributed by atoms with Gasteiger partial charge in [0.15, 0.2) is 0 Å². The van der Waals surface area contributed by atoms with E-state index < -0.39 is 22.4 Å². The third-order valence-corrected chi connectivity index (χ3v) is 3.95. The van der Waals surface area contributed by atoms with Crippen LogP contribution in [0.4, 0.5) is 4.39 Å². The van der Waals surface area contributed by atoms with Crippen molar-refractivity contribution < 1.29 is 17.9 Å². The number of aliphatic hydroxyl groups is 1. The summed E-state index contributed by atoms with van der Waals surface area (Å²) in [5, 5.41) is 8.59. The molecule has 0 aliphatic carbocycles. The van der Waals surface area contributed by atoms with Gasteiger partial charge in [0.25, 0.3) is 0 Å². The highest BCUT2D eigenvalue weighted by Gasteiger charge is 2.18. The molecular formula is C10H14FNO3S. The van der Waals surface area contributed by atoms with Gasteiger partial charge in [-0.25, -0.2) is 17.1 Å². The summed E-state index contributed by atoms with van der Waals surface area (Å²) in [5.74, 6) is -0.786. The van der Waals surface area contributed by atoms with E-state index in [9.17, 15) is 12.8 Å². The van der Waals surface area contributed by atoms with Crippen LogP contribution in [0.15, 0.2) is 24.3 Å². The van der Waals surface area contributed by atoms with E-state index >= 15 is 0 Å². The van der Waals surface area contributed by atoms with Gasteiger partial charge in [-0.15, -0.1) is 0 Å². The van der Waals surface area contributed by atoms with Gasteiger partial charge < -0.3 is 5.11 Å². The first-order valence-electron chi connectivity index (χ1n) is 4.75. The van der Waals surface area contributed by atoms with Gasteiger partial charge in [0.2, 0.25) is 10.0 Å². The molecule has 0 atom stereocenters. The smallest absolute Gasteiger partial charge is 0.216 e. The van der Waals surface area contributed by atoms with Crippen LogP contribution in [-0.2, 0) is 16.6 Å². The maximum Gasteiger partial charge on any atom is 0.216 e. The van der Waals surface area contributed by atoms with Gasteiger partial charge >= 0.3 is 0 Å². The molecule has 0 unspecified atom stereocenters. The Balaban J connectivity index is 2.79. The van der Waals surface area contributed by atoms with Crippen LogP contribution in [0.5, 0.6) is 0 Å². The lowest BCUT2D eigenvalue weighted by atomic mass is 10.2. The maximum atomic E-state index is 13.3. The Morgan fingerprint density at radius 3 is 2.56 bits per heavy atom. The fraction of sp³-hybridized carbons (Fsp3) is 0.400. The van der Waals surface area contributed by atoms with Crippen LogP contribution in [0.2, 0.25) is 0 Å². The average Bonchev–Trinajstić information content (AvgIpc) is 2.21. The summed E-state index contributed by atoms with van der Waals surface area (Å²) >= 11 is 0. The van der Waals surface area contributed by atoms with E-state index in [-0.39, 0.29) is 12.3 Å². The average molecular weight is 247 g/mol. The first-order chi connectivity index (χ1) is 7.47. The molecule has 16 heavy (non-hydrogen) atoms. The largest absolute Gasteiger partial charge is 0.395 e. The monoisotopic (exact) mass is 247 g/mol. The molecule has 0 aromatic heterocycles. The highest BCUT2D eigenvalue weighted by atomic mass is 32.2. The molecule has 0 saturated heterocycles. The number of nitrogens with zero attached hydrogens (tertiary/aromatic N) is 1. The second-order valence-corrected chi connectivity index (χ2v) is 5.58. The molecule has 0 amide bonds. The van der Waals surface area contributed by atoms with Crippen molar-refractivity contribution in [3.8, 4) is 0 Å². The molecule has 6 heteroatoms. The Morgan fingerprint density at radius 2 is 2.00 bits per heavy atom. The van der Waals surface area contributed by atoms with Crippen molar-refractivity contribution >= 4 is 10.0 Å². The van der Waals surface area contributed by atoms with Crippen LogP contribution in [0, 0.1) is 5.82 Å². The Labute approximate surface area is 94.4 Å². The molecular weight excluding hydrogens is 233 g/mol. The van der Waals surface area contributed by atoms with Gasteiger partial charge in [0, 0.05) is 19.2 Å². The molecule has 0 bridgehead atoms. The van der Waals surface area contributed by atoms with Crippen LogP contribution in [0.25, 0.3) is 0 Å². The molecule has 0 spiro atoms. The minimum absolute atomic E-state index is 0.0327. The van der Waals surface area contributed by atoms with Crippen LogP contribution in [0.1, 0.15) is 5.56 Å². The maximum absolute atomic E-state index is 13.3. The molecule has 0 aliphatic heterocycles. The van der Waals surface area contributed by atoms with Crippen LogP contribution >= 0.6 is 0 Å². The van der Waals surface area contributed by atoms with E-state index in [0.29, 0.717) is 5.56 Å². The fourth-order valence-electron chi connectivity index (χ4n) is 1.24. The summed E-state index contributed by atoms with van der Waals surface area (Å²) in [6.45, 7) is -0.473. The van der Waals surface area contributed by atoms with E-state index in [1.165, 1.54) is 19.2 Å². The second kappa shape index (κ2) is 5.38. The van der Waals surface area contributed by atoms with Gasteiger partial charge in [-0.1, -0.05) is 18.2 Å². The standard InChI is InChI=1S/C10H14FNO3S/c1-12(16(14,15)7-6-13)8-9-4-2-3-5-10(9)11/h2-5,13H,6-8H2,1H3. The third kappa shape index (κ3) is 3.26. The molecule has 1 aromatic carbocycles. The van der Waals surface area contributed by atoms with E-state index in [2.05, 4.69) is 0 Å². The number of rotatable bonds is 5. The van der Waals surface area contributed by atoms with Crippen molar-refractivity contribution in [3.05, 3.63) is 35.6 Å². The molecule has 1 rings (SSSR count). The predicted molar refractivity (Wildman–Crippen MR) is 58.7 cm³/mol. The number of aliphatic hydroxyl groups excluding tert-OH is 1. The predicted octanol–water partition coefficient (Wildman–Crippen LogP) is 0.580. The third-order valence-electron chi connectivity index (χ3n) is 2.17. The molecule has 4 nitrogen and oxygen atoms in total. The number of halogens is 1. The summed E-state index contributed by atoms with van der Waals surface area (Å²) in [7, 11) is -2.15. The molecule has 0 aliphatic rings. The topological polar surface area (TPSA) is 57.6 Å². The summed E-state index contributed by atoms with van der Waals surface area (Å²) in [5.41, 5.74) is 0.312. The Kier molecular flexibility index (Phi) is 4.40. The summed E-state index contributed by atoms with van der Waals surface area (Å²) in [6.07, 6.45) is 0. The number of hydrogen-bond donors (Lipinski definition) is 1. The van der Waals surface area contributed by atoms with Crippen molar-refractivity contribution in [3.63, 3.8) is 0 Å². The molecule has 1 aromatic rings. The summed E-state index contributed by atoms with van der Waals surface area (Å²) < 4.78 is 37.3. The zero-order chi connectivity index (χ0) is 12.2. The van der Waals surface area contributed by atoms with Crippen molar-refractivity contribution in [2.24, 2.45) is 0 Å². The van der Waals surface area contributed by atoms with Gasteiger partial charge in [0.1, 0.15) is 5.82 Å². The normalized spacial score (nSPS) is 12.0. The van der Waals surface area contributed by atoms with E-state index in [1.54, 1.807) is 12.1 Å². The SMILES string of the molecule is CN(Cc1ccccc1F)S(=O)(=O)CCO. The minimum atomic E-state index is -3.51. The Morgan fingerprint density at radius 1 is 1.38 bits per heavy atom. The molecule has 1 N–H and O–H groups in total. The van der Waals surface area contributed by atoms with Crippen LogP contribution < -0.4 is 0 Å². The first kappa shape index (κ1) is 13.1. The highest BCUT2D eigenvalue weighted by Crippen LogP contribution is 2.11. The van der Waals surface area contributed by atoms with Crippen LogP contribution in [-0.4, -0.2) is 37.2 Å². The summed E-state index contributed by atoms with van der Waals surface area (Å²) in [6, 6.07) is 5.99. The molecule has 0 fully saturated rings. The molecule has 90 valence electrons. The van der Waals surface area contributed by atoms with Gasteiger partial charge in [0.05, 0.1) is 12.4 Å². The van der Waals surface area contributed by atoms with Crippen LogP contribution in [0.3, 0.4) is 0 Å². The first-order valence-corrected chi connectivity index (χ1v) is 6.36. The summed E-state index contributed by atoms with van der Waals surface area (Å²) in [4.78, 5) is 0. The van der Waals surface area contributed by atoms with E-state index in [1.807, 2.05) is 0 Å². The van der Waals surface area contributed by atoms with Gasteiger partial charge in [-0.05, 0) is 6.07 Å². The Hall–Kier alpha value is -0.980. The molecule has 0 radical (unpaired) electrons. The number of sulfonamides is 1. The van der Waals surface area contributed by atoms with E-state index in [0.717, 1.165) is 4.31 Å². The fourth-order valence-corrected chi connectivity index (χ4v) is 2.11. The van der Waals surface area contributed by atoms with Crippen molar-refractivity contribution in [2.75, 3.05) is 19.4 Å². The Bertz CT molecular complexity index is 447. The zero-order valence-electron chi connectivity index (χ0n) is 8.93. The lowest BCUT2D eigenvalue weighted by molar-refractivity contribution is 0.315. The lowest BCUT2D eigenvalue weighted by Gasteiger charge is -2.16. The number of benzene rings is 1. The quantitative estimate of drug-likeness (QED) is 0.828. The zero-order valence-corrected chi connectivity index (χ0v) is 9.74. The molecule has 0 heterocycles. The van der Waals surface area contributed by atoms with Gasteiger partial charge in [-0.3, -0.25) is 0 Å². The van der Waals surface area contributed by atoms with E-state index in [4.69, 9.17) is 5.11 Å². The molecule has 0 saturated carbocycles. The van der Waals surface area contributed by atoms with Crippen molar-refractivity contribution in [1.82, 2.24) is 4.31 Å². The minimum Gasteiger partial charge on any atom is -0.395 e. The number of hydrogen-bond acceptors (Lipinski definition) is 3. The second-order valence-electron chi connectivity index (χ2n) is 3.39. The van der Waals surface area contributed by atoms with Crippen molar-refractivity contribution in [1.29, 1.82) is 0 Å². The lowest BCUT2D eigenvalue weighted by Crippen LogP contribution is -2.30.